The molecule has 27 heavy (non-hydrogen) atoms. The van der Waals surface area contributed by atoms with Crippen molar-refractivity contribution >= 4 is 23.2 Å². The third kappa shape index (κ3) is 3.97. The average Bonchev–Trinajstić information content (AvgIpc) is 3.10. The highest BCUT2D eigenvalue weighted by Crippen LogP contribution is 2.32. The number of ether oxygens (including phenoxy) is 3. The molecular weight excluding hydrogens is 348 g/mol. The van der Waals surface area contributed by atoms with Crippen LogP contribution in [0.25, 0.3) is 0 Å². The molecule has 1 saturated heterocycles. The van der Waals surface area contributed by atoms with Gasteiger partial charge in [-0.05, 0) is 24.3 Å². The minimum absolute atomic E-state index is 0.0925. The van der Waals surface area contributed by atoms with E-state index in [9.17, 15) is 9.59 Å². The summed E-state index contributed by atoms with van der Waals surface area (Å²) in [7, 11) is 4.65. The third-order valence-electron chi connectivity index (χ3n) is 4.53. The molecule has 1 atom stereocenters. The molecule has 0 saturated carbocycles. The van der Waals surface area contributed by atoms with Gasteiger partial charge in [0.25, 0.3) is 0 Å². The molecule has 7 nitrogen and oxygen atoms in total. The minimum atomic E-state index is -0.449. The Morgan fingerprint density at radius 3 is 2.48 bits per heavy atom. The first-order valence-corrected chi connectivity index (χ1v) is 8.53. The fraction of sp³-hybridized carbons (Fsp3) is 0.300. The monoisotopic (exact) mass is 370 g/mol. The molecule has 3 rings (SSSR count). The zero-order valence-corrected chi connectivity index (χ0v) is 15.5. The highest BCUT2D eigenvalue weighted by atomic mass is 16.5. The van der Waals surface area contributed by atoms with Crippen molar-refractivity contribution in [3.8, 4) is 17.2 Å². The maximum Gasteiger partial charge on any atom is 0.229 e. The molecule has 7 heteroatoms. The fourth-order valence-corrected chi connectivity index (χ4v) is 3.05. The van der Waals surface area contributed by atoms with E-state index in [0.29, 0.717) is 29.5 Å². The van der Waals surface area contributed by atoms with Gasteiger partial charge in [-0.25, -0.2) is 0 Å². The Kier molecular flexibility index (Phi) is 5.49. The quantitative estimate of drug-likeness (QED) is 0.846. The van der Waals surface area contributed by atoms with Gasteiger partial charge in [0.05, 0.1) is 32.9 Å². The van der Waals surface area contributed by atoms with Gasteiger partial charge in [0.1, 0.15) is 17.2 Å². The van der Waals surface area contributed by atoms with Crippen molar-refractivity contribution < 1.29 is 23.8 Å². The number of hydrogen-bond donors (Lipinski definition) is 1. The van der Waals surface area contributed by atoms with E-state index in [1.807, 2.05) is 18.2 Å². The fourth-order valence-electron chi connectivity index (χ4n) is 3.05. The number of amides is 2. The van der Waals surface area contributed by atoms with E-state index < -0.39 is 5.92 Å². The summed E-state index contributed by atoms with van der Waals surface area (Å²) in [6, 6.07) is 12.4. The van der Waals surface area contributed by atoms with Crippen molar-refractivity contribution in [1.29, 1.82) is 0 Å². The predicted octanol–water partition coefficient (Wildman–Crippen LogP) is 2.70. The molecule has 0 spiro atoms. The lowest BCUT2D eigenvalue weighted by molar-refractivity contribution is -0.122. The van der Waals surface area contributed by atoms with Crippen LogP contribution in [0, 0.1) is 5.92 Å². The lowest BCUT2D eigenvalue weighted by Crippen LogP contribution is -2.28. The normalized spacial score (nSPS) is 16.2. The molecule has 0 unspecified atom stereocenters. The molecule has 0 aliphatic carbocycles. The van der Waals surface area contributed by atoms with Crippen LogP contribution in [-0.4, -0.2) is 39.7 Å². The standard InChI is InChI=1S/C20H22N2O5/c1-25-15-6-4-5-14(10-15)22-12-13(9-19(22)23)20(24)21-17-8-7-16(26-2)11-18(17)27-3/h4-8,10-11,13H,9,12H2,1-3H3,(H,21,24)/t13-/m1/s1. The number of carbonyl (C=O) groups excluding carboxylic acids is 2. The number of anilines is 2. The van der Waals surface area contributed by atoms with Crippen molar-refractivity contribution in [1.82, 2.24) is 0 Å². The molecule has 0 bridgehead atoms. The second-order valence-electron chi connectivity index (χ2n) is 6.16. The van der Waals surface area contributed by atoms with Gasteiger partial charge in [0.2, 0.25) is 11.8 Å². The van der Waals surface area contributed by atoms with E-state index in [0.717, 1.165) is 5.69 Å². The van der Waals surface area contributed by atoms with Gasteiger partial charge < -0.3 is 24.4 Å². The lowest BCUT2D eigenvalue weighted by Gasteiger charge is -2.18. The molecule has 1 N–H and O–H groups in total. The number of nitrogens with zero attached hydrogens (tertiary/aromatic N) is 1. The molecule has 2 amide bonds. The summed E-state index contributed by atoms with van der Waals surface area (Å²) in [6.07, 6.45) is 0.154. The van der Waals surface area contributed by atoms with Crippen molar-refractivity contribution in [2.75, 3.05) is 38.1 Å². The number of carbonyl (C=O) groups is 2. The van der Waals surface area contributed by atoms with E-state index in [4.69, 9.17) is 14.2 Å². The van der Waals surface area contributed by atoms with Crippen molar-refractivity contribution in [3.63, 3.8) is 0 Å². The molecule has 2 aromatic carbocycles. The van der Waals surface area contributed by atoms with Crippen LogP contribution in [0.3, 0.4) is 0 Å². The minimum Gasteiger partial charge on any atom is -0.497 e. The van der Waals surface area contributed by atoms with Crippen molar-refractivity contribution in [2.45, 2.75) is 6.42 Å². The highest BCUT2D eigenvalue weighted by Gasteiger charge is 2.35. The van der Waals surface area contributed by atoms with Crippen LogP contribution >= 0.6 is 0 Å². The smallest absolute Gasteiger partial charge is 0.229 e. The average molecular weight is 370 g/mol. The van der Waals surface area contributed by atoms with Gasteiger partial charge in [-0.2, -0.15) is 0 Å². The number of benzene rings is 2. The van der Waals surface area contributed by atoms with Gasteiger partial charge in [0.15, 0.2) is 0 Å². The predicted molar refractivity (Wildman–Crippen MR) is 102 cm³/mol. The molecule has 1 aliphatic heterocycles. The van der Waals surface area contributed by atoms with Gasteiger partial charge in [0, 0.05) is 30.8 Å². The van der Waals surface area contributed by atoms with E-state index in [1.54, 1.807) is 43.4 Å². The molecule has 1 heterocycles. The Morgan fingerprint density at radius 2 is 1.78 bits per heavy atom. The SMILES string of the molecule is COc1cccc(N2C[C@H](C(=O)Nc3ccc(OC)cc3OC)CC2=O)c1. The van der Waals surface area contributed by atoms with Crippen LogP contribution in [0.2, 0.25) is 0 Å². The summed E-state index contributed by atoms with van der Waals surface area (Å²) in [5, 5.41) is 2.85. The molecule has 142 valence electrons. The maximum absolute atomic E-state index is 12.7. The van der Waals surface area contributed by atoms with Gasteiger partial charge in [-0.1, -0.05) is 6.07 Å². The van der Waals surface area contributed by atoms with E-state index >= 15 is 0 Å². The van der Waals surface area contributed by atoms with Gasteiger partial charge in [-0.3, -0.25) is 9.59 Å². The molecule has 0 radical (unpaired) electrons. The van der Waals surface area contributed by atoms with Crippen LogP contribution < -0.4 is 24.4 Å². The van der Waals surface area contributed by atoms with Crippen LogP contribution in [0.4, 0.5) is 11.4 Å². The van der Waals surface area contributed by atoms with Gasteiger partial charge >= 0.3 is 0 Å². The van der Waals surface area contributed by atoms with Crippen LogP contribution in [0.1, 0.15) is 6.42 Å². The second kappa shape index (κ2) is 7.99. The van der Waals surface area contributed by atoms with E-state index in [2.05, 4.69) is 5.32 Å². The summed E-state index contributed by atoms with van der Waals surface area (Å²) >= 11 is 0. The molecule has 2 aromatic rings. The molecule has 0 aromatic heterocycles. The topological polar surface area (TPSA) is 77.1 Å². The van der Waals surface area contributed by atoms with E-state index in [1.165, 1.54) is 7.11 Å². The molecular formula is C20H22N2O5. The third-order valence-corrected chi connectivity index (χ3v) is 4.53. The Balaban J connectivity index is 1.72. The first kappa shape index (κ1) is 18.6. The first-order valence-electron chi connectivity index (χ1n) is 8.53. The summed E-state index contributed by atoms with van der Waals surface area (Å²) in [4.78, 5) is 26.7. The summed E-state index contributed by atoms with van der Waals surface area (Å²) in [5.74, 6) is 1.02. The van der Waals surface area contributed by atoms with Crippen molar-refractivity contribution in [2.24, 2.45) is 5.92 Å². The number of nitrogens with one attached hydrogen (secondary N) is 1. The van der Waals surface area contributed by atoms with Crippen LogP contribution in [0.5, 0.6) is 17.2 Å². The first-order chi connectivity index (χ1) is 13.0. The molecule has 1 aliphatic rings. The zero-order valence-electron chi connectivity index (χ0n) is 15.5. The van der Waals surface area contributed by atoms with Gasteiger partial charge in [-0.15, -0.1) is 0 Å². The zero-order chi connectivity index (χ0) is 19.4. The molecule has 1 fully saturated rings. The Hall–Kier alpha value is -3.22. The maximum atomic E-state index is 12.7. The lowest BCUT2D eigenvalue weighted by atomic mass is 10.1. The summed E-state index contributed by atoms with van der Waals surface area (Å²) in [5.41, 5.74) is 1.26. The van der Waals surface area contributed by atoms with Crippen LogP contribution in [0.15, 0.2) is 42.5 Å². The highest BCUT2D eigenvalue weighted by molar-refractivity contribution is 6.04. The summed E-state index contributed by atoms with van der Waals surface area (Å²) in [6.45, 7) is 0.316. The largest absolute Gasteiger partial charge is 0.497 e. The second-order valence-corrected chi connectivity index (χ2v) is 6.16. The summed E-state index contributed by atoms with van der Waals surface area (Å²) < 4.78 is 15.7. The Labute approximate surface area is 157 Å². The Morgan fingerprint density at radius 1 is 1.04 bits per heavy atom. The van der Waals surface area contributed by atoms with Crippen LogP contribution in [-0.2, 0) is 9.59 Å². The Bertz CT molecular complexity index is 852. The van der Waals surface area contributed by atoms with Crippen molar-refractivity contribution in [3.05, 3.63) is 42.5 Å². The number of methoxy groups -OCH3 is 3. The van der Waals surface area contributed by atoms with E-state index in [-0.39, 0.29) is 18.2 Å². The number of hydrogen-bond acceptors (Lipinski definition) is 5. The number of rotatable bonds is 6.